The summed E-state index contributed by atoms with van der Waals surface area (Å²) in [5.41, 5.74) is 2.20. The van der Waals surface area contributed by atoms with Crippen molar-refractivity contribution in [3.63, 3.8) is 0 Å². The van der Waals surface area contributed by atoms with E-state index < -0.39 is 11.5 Å². The summed E-state index contributed by atoms with van der Waals surface area (Å²) in [6, 6.07) is 9.80. The van der Waals surface area contributed by atoms with E-state index in [-0.39, 0.29) is 11.6 Å². The predicted molar refractivity (Wildman–Crippen MR) is 125 cm³/mol. The Morgan fingerprint density at radius 1 is 1.13 bits per heavy atom. The summed E-state index contributed by atoms with van der Waals surface area (Å²) in [4.78, 5) is 30.2. The molecule has 168 valence electrons. The number of carbonyl (C=O) groups excluding carboxylic acids is 1. The number of benzene rings is 1. The average molecular weight is 427 g/mol. The monoisotopic (exact) mass is 426 g/mol. The number of aromatic nitrogens is 1. The number of rotatable bonds is 9. The van der Waals surface area contributed by atoms with Crippen LogP contribution in [-0.2, 0) is 11.2 Å². The van der Waals surface area contributed by atoms with Gasteiger partial charge in [0.2, 0.25) is 0 Å². The number of H-pyrrole nitrogens is 1. The Hall–Kier alpha value is -2.64. The van der Waals surface area contributed by atoms with Crippen LogP contribution < -0.4 is 16.2 Å². The van der Waals surface area contributed by atoms with Gasteiger partial charge in [0.05, 0.1) is 11.8 Å². The van der Waals surface area contributed by atoms with E-state index >= 15 is 0 Å². The zero-order valence-electron chi connectivity index (χ0n) is 18.7. The van der Waals surface area contributed by atoms with Crippen molar-refractivity contribution < 1.29 is 9.53 Å². The summed E-state index contributed by atoms with van der Waals surface area (Å²) in [6.45, 7) is 1.04. The van der Waals surface area contributed by atoms with E-state index in [4.69, 9.17) is 4.74 Å². The van der Waals surface area contributed by atoms with Crippen LogP contribution in [0.4, 0.5) is 11.4 Å². The van der Waals surface area contributed by atoms with E-state index in [2.05, 4.69) is 34.6 Å². The number of pyridine rings is 1. The number of ether oxygens (including phenoxy) is 1. The summed E-state index contributed by atoms with van der Waals surface area (Å²) in [7, 11) is 5.88. The fraction of sp³-hybridized carbons (Fsp3) is 0.500. The molecule has 0 radical (unpaired) electrons. The van der Waals surface area contributed by atoms with Gasteiger partial charge in [0.15, 0.2) is 0 Å². The molecule has 2 aromatic rings. The number of nitrogens with zero attached hydrogens (tertiary/aromatic N) is 1. The van der Waals surface area contributed by atoms with Crippen LogP contribution in [0.2, 0.25) is 0 Å². The first kappa shape index (κ1) is 23.0. The van der Waals surface area contributed by atoms with Crippen molar-refractivity contribution in [2.24, 2.45) is 0 Å². The van der Waals surface area contributed by atoms with Crippen molar-refractivity contribution in [1.29, 1.82) is 0 Å². The molecule has 0 unspecified atom stereocenters. The highest BCUT2D eigenvalue weighted by Crippen LogP contribution is 2.25. The quantitative estimate of drug-likeness (QED) is 0.571. The molecule has 0 atom stereocenters. The molecule has 1 heterocycles. The zero-order valence-corrected chi connectivity index (χ0v) is 18.7. The molecule has 7 nitrogen and oxygen atoms in total. The van der Waals surface area contributed by atoms with E-state index in [1.807, 2.05) is 24.3 Å². The largest absolute Gasteiger partial charge is 0.381 e. The van der Waals surface area contributed by atoms with E-state index in [1.54, 1.807) is 19.4 Å². The molecule has 3 N–H and O–H groups in total. The number of aryl methyl sites for hydroxylation is 1. The van der Waals surface area contributed by atoms with Gasteiger partial charge >= 0.3 is 0 Å². The maximum atomic E-state index is 12.9. The second-order valence-corrected chi connectivity index (χ2v) is 8.51. The molecule has 0 bridgehead atoms. The summed E-state index contributed by atoms with van der Waals surface area (Å²) in [5.74, 6) is -0.407. The Kier molecular flexibility index (Phi) is 8.26. The Morgan fingerprint density at radius 2 is 1.84 bits per heavy atom. The normalized spacial score (nSPS) is 18.7. The van der Waals surface area contributed by atoms with Crippen LogP contribution in [0.1, 0.15) is 48.0 Å². The lowest BCUT2D eigenvalue weighted by atomic mass is 9.92. The molecule has 1 saturated carbocycles. The van der Waals surface area contributed by atoms with E-state index in [0.717, 1.165) is 45.1 Å². The number of carbonyl (C=O) groups is 1. The number of hydrogen-bond donors (Lipinski definition) is 3. The molecule has 1 aromatic carbocycles. The minimum atomic E-state index is -0.407. The minimum Gasteiger partial charge on any atom is -0.381 e. The predicted octanol–water partition coefficient (Wildman–Crippen LogP) is 3.49. The second kappa shape index (κ2) is 11.1. The first-order valence-electron chi connectivity index (χ1n) is 11.0. The zero-order chi connectivity index (χ0) is 22.2. The van der Waals surface area contributed by atoms with Crippen LogP contribution in [-0.4, -0.2) is 55.7 Å². The van der Waals surface area contributed by atoms with Crippen LogP contribution in [0.25, 0.3) is 0 Å². The molecule has 31 heavy (non-hydrogen) atoms. The lowest BCUT2D eigenvalue weighted by Crippen LogP contribution is -2.32. The average Bonchev–Trinajstić information content (AvgIpc) is 2.75. The van der Waals surface area contributed by atoms with Gasteiger partial charge in [-0.2, -0.15) is 0 Å². The van der Waals surface area contributed by atoms with E-state index in [0.29, 0.717) is 17.5 Å². The molecule has 0 aliphatic heterocycles. The molecule has 1 fully saturated rings. The van der Waals surface area contributed by atoms with Crippen molar-refractivity contribution in [3.05, 3.63) is 58.0 Å². The van der Waals surface area contributed by atoms with E-state index in [9.17, 15) is 9.59 Å². The van der Waals surface area contributed by atoms with Crippen LogP contribution in [0.5, 0.6) is 0 Å². The standard InChI is InChI=1S/C24H34N4O3/c1-28(2)16-4-5-17-6-8-19(9-7-17)27-24(30)22-21(14-15-25-23(22)29)26-18-10-12-20(31-3)13-11-18/h6-9,14-15,18,20H,4-5,10-13,16H2,1-3H3,(H,27,30)(H2,25,26,29). The first-order valence-corrected chi connectivity index (χ1v) is 11.0. The smallest absolute Gasteiger partial charge is 0.263 e. The molecule has 1 aliphatic rings. The molecule has 3 rings (SSSR count). The molecule has 0 saturated heterocycles. The lowest BCUT2D eigenvalue weighted by molar-refractivity contribution is 0.0681. The van der Waals surface area contributed by atoms with Gasteiger partial charge in [-0.05, 0) is 82.9 Å². The number of aromatic amines is 1. The highest BCUT2D eigenvalue weighted by Gasteiger charge is 2.23. The van der Waals surface area contributed by atoms with Crippen LogP contribution in [0.15, 0.2) is 41.3 Å². The van der Waals surface area contributed by atoms with Crippen molar-refractivity contribution in [2.75, 3.05) is 38.4 Å². The van der Waals surface area contributed by atoms with Gasteiger partial charge in [0.25, 0.3) is 11.5 Å². The van der Waals surface area contributed by atoms with Crippen LogP contribution >= 0.6 is 0 Å². The molecular formula is C24H34N4O3. The number of methoxy groups -OCH3 is 1. The van der Waals surface area contributed by atoms with Crippen LogP contribution in [0, 0.1) is 0 Å². The van der Waals surface area contributed by atoms with Crippen molar-refractivity contribution in [3.8, 4) is 0 Å². The second-order valence-electron chi connectivity index (χ2n) is 8.51. The molecule has 1 aromatic heterocycles. The van der Waals surface area contributed by atoms with Crippen molar-refractivity contribution in [2.45, 2.75) is 50.7 Å². The van der Waals surface area contributed by atoms with Gasteiger partial charge in [-0.25, -0.2) is 0 Å². The van der Waals surface area contributed by atoms with Gasteiger partial charge in [-0.1, -0.05) is 12.1 Å². The molecular weight excluding hydrogens is 392 g/mol. The molecule has 7 heteroatoms. The maximum Gasteiger partial charge on any atom is 0.263 e. The number of amides is 1. The third-order valence-corrected chi connectivity index (χ3v) is 5.84. The number of nitrogens with one attached hydrogen (secondary N) is 3. The highest BCUT2D eigenvalue weighted by atomic mass is 16.5. The Morgan fingerprint density at radius 3 is 2.48 bits per heavy atom. The fourth-order valence-electron chi connectivity index (χ4n) is 4.03. The summed E-state index contributed by atoms with van der Waals surface area (Å²) < 4.78 is 5.43. The number of hydrogen-bond acceptors (Lipinski definition) is 5. The Labute approximate surface area is 184 Å². The topological polar surface area (TPSA) is 86.5 Å². The van der Waals surface area contributed by atoms with E-state index in [1.165, 1.54) is 5.56 Å². The first-order chi connectivity index (χ1) is 15.0. The van der Waals surface area contributed by atoms with Crippen molar-refractivity contribution in [1.82, 2.24) is 9.88 Å². The summed E-state index contributed by atoms with van der Waals surface area (Å²) >= 11 is 0. The minimum absolute atomic E-state index is 0.117. The van der Waals surface area contributed by atoms with Gasteiger partial charge in [-0.3, -0.25) is 9.59 Å². The van der Waals surface area contributed by atoms with Gasteiger partial charge in [0.1, 0.15) is 5.56 Å². The highest BCUT2D eigenvalue weighted by molar-refractivity contribution is 6.07. The molecule has 1 amide bonds. The third-order valence-electron chi connectivity index (χ3n) is 5.84. The molecule has 0 spiro atoms. The van der Waals surface area contributed by atoms with Gasteiger partial charge < -0.3 is 25.3 Å². The SMILES string of the molecule is COC1CCC(Nc2cc[nH]c(=O)c2C(=O)Nc2ccc(CCCN(C)C)cc2)CC1. The Bertz CT molecular complexity index is 900. The van der Waals surface area contributed by atoms with Gasteiger partial charge in [-0.15, -0.1) is 0 Å². The Balaban J connectivity index is 1.64. The maximum absolute atomic E-state index is 12.9. The van der Waals surface area contributed by atoms with Gasteiger partial charge in [0, 0.05) is 25.0 Å². The lowest BCUT2D eigenvalue weighted by Gasteiger charge is -2.29. The summed E-state index contributed by atoms with van der Waals surface area (Å²) in [5, 5.41) is 6.27. The van der Waals surface area contributed by atoms with Crippen molar-refractivity contribution >= 4 is 17.3 Å². The summed E-state index contributed by atoms with van der Waals surface area (Å²) in [6.07, 6.45) is 7.78. The van der Waals surface area contributed by atoms with Crippen LogP contribution in [0.3, 0.4) is 0 Å². The fourth-order valence-corrected chi connectivity index (χ4v) is 4.03. The molecule has 1 aliphatic carbocycles. The number of anilines is 2. The third kappa shape index (κ3) is 6.67.